The molecule has 0 aromatic carbocycles. The van der Waals surface area contributed by atoms with Gasteiger partial charge in [-0.05, 0) is 76.3 Å². The van der Waals surface area contributed by atoms with Gasteiger partial charge in [-0.25, -0.2) is 0 Å². The van der Waals surface area contributed by atoms with E-state index in [1.807, 2.05) is 0 Å². The summed E-state index contributed by atoms with van der Waals surface area (Å²) in [7, 11) is 0. The molecule has 0 amide bonds. The molecular weight excluding hydrogens is 556 g/mol. The lowest BCUT2D eigenvalue weighted by molar-refractivity contribution is -0.166. The monoisotopic (exact) mass is 625 g/mol. The zero-order chi connectivity index (χ0) is 31.9. The lowest BCUT2D eigenvalue weighted by Gasteiger charge is -2.49. The van der Waals surface area contributed by atoms with Crippen LogP contribution in [0.4, 0.5) is 0 Å². The summed E-state index contributed by atoms with van der Waals surface area (Å²) >= 11 is 0. The highest BCUT2D eigenvalue weighted by atomic mass is 16.5. The molecule has 2 fully saturated rings. The SMILES string of the molecule is CCCCCCCCOC1CC(C(CCCCCCCC(=O)O)(C(=O)O)C2CCNC(OCCCCCCCC)C2)CCN1. The van der Waals surface area contributed by atoms with Crippen LogP contribution in [-0.2, 0) is 19.1 Å². The van der Waals surface area contributed by atoms with Crippen LogP contribution in [0, 0.1) is 17.3 Å². The number of carboxylic acid groups (broad SMARTS) is 2. The Labute approximate surface area is 269 Å². The number of rotatable bonds is 27. The summed E-state index contributed by atoms with van der Waals surface area (Å²) < 4.78 is 12.6. The van der Waals surface area contributed by atoms with Crippen LogP contribution in [-0.4, -0.2) is 60.9 Å². The van der Waals surface area contributed by atoms with Crippen molar-refractivity contribution in [2.75, 3.05) is 26.3 Å². The molecule has 8 nitrogen and oxygen atoms in total. The predicted octanol–water partition coefficient (Wildman–Crippen LogP) is 8.28. The van der Waals surface area contributed by atoms with Crippen LogP contribution < -0.4 is 10.6 Å². The third-order valence-corrected chi connectivity index (χ3v) is 10.2. The maximum Gasteiger partial charge on any atom is 0.310 e. The van der Waals surface area contributed by atoms with Crippen LogP contribution in [0.1, 0.15) is 162 Å². The highest BCUT2D eigenvalue weighted by Gasteiger charge is 2.53. The molecule has 44 heavy (non-hydrogen) atoms. The molecule has 0 aliphatic carbocycles. The molecule has 4 atom stereocenters. The molecule has 0 spiro atoms. The zero-order valence-electron chi connectivity index (χ0n) is 28.4. The zero-order valence-corrected chi connectivity index (χ0v) is 28.4. The summed E-state index contributed by atoms with van der Waals surface area (Å²) in [4.78, 5) is 24.3. The van der Waals surface area contributed by atoms with Gasteiger partial charge in [0.05, 0.1) is 5.41 Å². The fourth-order valence-corrected chi connectivity index (χ4v) is 7.58. The predicted molar refractivity (Wildman–Crippen MR) is 178 cm³/mol. The topological polar surface area (TPSA) is 117 Å². The lowest BCUT2D eigenvalue weighted by Crippen LogP contribution is -2.55. The summed E-state index contributed by atoms with van der Waals surface area (Å²) in [5.74, 6) is -1.27. The molecule has 2 rings (SSSR count). The second-order valence-corrected chi connectivity index (χ2v) is 13.6. The van der Waals surface area contributed by atoms with Gasteiger partial charge in [0.1, 0.15) is 12.5 Å². The number of hydrogen-bond donors (Lipinski definition) is 4. The maximum atomic E-state index is 13.5. The van der Waals surface area contributed by atoms with Gasteiger partial charge in [0.25, 0.3) is 0 Å². The van der Waals surface area contributed by atoms with Gasteiger partial charge in [0.2, 0.25) is 0 Å². The Balaban J connectivity index is 2.01. The molecule has 2 heterocycles. The quantitative estimate of drug-likeness (QED) is 0.0675. The number of nitrogens with one attached hydrogen (secondary N) is 2. The van der Waals surface area contributed by atoms with Gasteiger partial charge in [0, 0.05) is 19.6 Å². The van der Waals surface area contributed by atoms with E-state index in [4.69, 9.17) is 14.6 Å². The Bertz CT molecular complexity index is 712. The van der Waals surface area contributed by atoms with Crippen molar-refractivity contribution >= 4 is 11.9 Å². The van der Waals surface area contributed by atoms with E-state index in [1.54, 1.807) is 0 Å². The van der Waals surface area contributed by atoms with Gasteiger partial charge in [-0.1, -0.05) is 104 Å². The van der Waals surface area contributed by atoms with E-state index in [1.165, 1.54) is 64.2 Å². The Hall–Kier alpha value is -1.22. The Morgan fingerprint density at radius 3 is 1.52 bits per heavy atom. The lowest BCUT2D eigenvalue weighted by atomic mass is 9.58. The highest BCUT2D eigenvalue weighted by molar-refractivity contribution is 5.75. The minimum absolute atomic E-state index is 0.0603. The van der Waals surface area contributed by atoms with E-state index in [2.05, 4.69) is 24.5 Å². The fraction of sp³-hybridized carbons (Fsp3) is 0.944. The van der Waals surface area contributed by atoms with Gasteiger partial charge in [0.15, 0.2) is 0 Å². The van der Waals surface area contributed by atoms with E-state index in [0.717, 1.165) is 90.5 Å². The molecule has 0 saturated carbocycles. The average molecular weight is 625 g/mol. The van der Waals surface area contributed by atoms with Crippen LogP contribution in [0.5, 0.6) is 0 Å². The van der Waals surface area contributed by atoms with E-state index in [9.17, 15) is 14.7 Å². The number of aliphatic carboxylic acids is 2. The number of hydrogen-bond acceptors (Lipinski definition) is 6. The van der Waals surface area contributed by atoms with Crippen molar-refractivity contribution in [1.29, 1.82) is 0 Å². The van der Waals surface area contributed by atoms with Gasteiger partial charge < -0.3 is 19.7 Å². The third kappa shape index (κ3) is 14.9. The van der Waals surface area contributed by atoms with Crippen LogP contribution in [0.2, 0.25) is 0 Å². The second kappa shape index (κ2) is 24.0. The largest absolute Gasteiger partial charge is 0.481 e. The van der Waals surface area contributed by atoms with Crippen molar-refractivity contribution in [1.82, 2.24) is 10.6 Å². The molecule has 0 radical (unpaired) electrons. The Morgan fingerprint density at radius 2 is 1.07 bits per heavy atom. The van der Waals surface area contributed by atoms with E-state index in [-0.39, 0.29) is 30.7 Å². The smallest absolute Gasteiger partial charge is 0.310 e. The van der Waals surface area contributed by atoms with Gasteiger partial charge in [-0.3, -0.25) is 20.2 Å². The average Bonchev–Trinajstić information content (AvgIpc) is 3.01. The minimum atomic E-state index is -0.797. The molecular formula is C36H68N2O6. The minimum Gasteiger partial charge on any atom is -0.481 e. The molecule has 2 saturated heterocycles. The first-order chi connectivity index (χ1) is 21.4. The van der Waals surface area contributed by atoms with Gasteiger partial charge >= 0.3 is 11.9 Å². The first kappa shape index (κ1) is 39.0. The van der Waals surface area contributed by atoms with Crippen molar-refractivity contribution in [3.63, 3.8) is 0 Å². The molecule has 8 heteroatoms. The van der Waals surface area contributed by atoms with Crippen molar-refractivity contribution < 1.29 is 29.3 Å². The van der Waals surface area contributed by atoms with Crippen LogP contribution in [0.25, 0.3) is 0 Å². The van der Waals surface area contributed by atoms with Crippen molar-refractivity contribution in [3.8, 4) is 0 Å². The normalized spacial score (nSPS) is 23.8. The van der Waals surface area contributed by atoms with Crippen molar-refractivity contribution in [2.24, 2.45) is 17.3 Å². The summed E-state index contributed by atoms with van der Waals surface area (Å²) in [6.07, 6.45) is 23.0. The van der Waals surface area contributed by atoms with Gasteiger partial charge in [-0.15, -0.1) is 0 Å². The molecule has 258 valence electrons. The van der Waals surface area contributed by atoms with E-state index in [0.29, 0.717) is 12.8 Å². The summed E-state index contributed by atoms with van der Waals surface area (Å²) in [5, 5.41) is 27.1. The summed E-state index contributed by atoms with van der Waals surface area (Å²) in [6.45, 7) is 7.52. The molecule has 4 unspecified atom stereocenters. The van der Waals surface area contributed by atoms with Crippen LogP contribution in [0.15, 0.2) is 0 Å². The molecule has 4 N–H and O–H groups in total. The second-order valence-electron chi connectivity index (χ2n) is 13.6. The number of carboxylic acids is 2. The summed E-state index contributed by atoms with van der Waals surface area (Å²) in [5.41, 5.74) is -0.797. The first-order valence-electron chi connectivity index (χ1n) is 18.6. The molecule has 2 aliphatic heterocycles. The Kier molecular flexibility index (Phi) is 21.3. The number of carbonyl (C=O) groups is 2. The third-order valence-electron chi connectivity index (χ3n) is 10.2. The molecule has 2 aliphatic rings. The fourth-order valence-electron chi connectivity index (χ4n) is 7.58. The number of ether oxygens (including phenoxy) is 2. The Morgan fingerprint density at radius 1 is 0.636 bits per heavy atom. The van der Waals surface area contributed by atoms with E-state index < -0.39 is 17.4 Å². The first-order valence-corrected chi connectivity index (χ1v) is 18.6. The number of piperidine rings is 2. The van der Waals surface area contributed by atoms with Crippen molar-refractivity contribution in [3.05, 3.63) is 0 Å². The van der Waals surface area contributed by atoms with Gasteiger partial charge in [-0.2, -0.15) is 0 Å². The highest BCUT2D eigenvalue weighted by Crippen LogP contribution is 2.50. The van der Waals surface area contributed by atoms with Crippen LogP contribution in [0.3, 0.4) is 0 Å². The van der Waals surface area contributed by atoms with E-state index >= 15 is 0 Å². The van der Waals surface area contributed by atoms with Crippen LogP contribution >= 0.6 is 0 Å². The molecule has 0 bridgehead atoms. The summed E-state index contributed by atoms with van der Waals surface area (Å²) in [6, 6.07) is 0. The number of unbranched alkanes of at least 4 members (excludes halogenated alkanes) is 14. The van der Waals surface area contributed by atoms with Crippen molar-refractivity contribution in [2.45, 2.75) is 174 Å². The molecule has 0 aromatic heterocycles. The maximum absolute atomic E-state index is 13.5. The molecule has 0 aromatic rings. The standard InChI is InChI=1S/C36H68N2O6/c1-3-5-7-9-14-18-26-43-32-28-30(21-24-37-32)36(35(41)42,23-17-13-11-12-16-20-34(39)40)31-22-25-38-33(29-31)44-27-19-15-10-8-6-4-2/h30-33,37-38H,3-29H2,1-2H3,(H,39,40)(H,41,42).